The van der Waals surface area contributed by atoms with Crippen LogP contribution in [-0.4, -0.2) is 31.3 Å². The Labute approximate surface area is 166 Å². The summed E-state index contributed by atoms with van der Waals surface area (Å²) in [6.07, 6.45) is 3.44. The number of piperidine rings is 1. The number of amides is 1. The van der Waals surface area contributed by atoms with Crippen molar-refractivity contribution in [1.29, 1.82) is 0 Å². The van der Waals surface area contributed by atoms with E-state index in [1.54, 1.807) is 0 Å². The van der Waals surface area contributed by atoms with Crippen molar-refractivity contribution in [2.24, 2.45) is 11.3 Å². The van der Waals surface area contributed by atoms with Crippen molar-refractivity contribution in [3.63, 3.8) is 0 Å². The minimum absolute atomic E-state index is 0. The molecule has 1 amide bonds. The van der Waals surface area contributed by atoms with Crippen molar-refractivity contribution >= 4 is 40.8 Å². The van der Waals surface area contributed by atoms with Crippen LogP contribution >= 0.6 is 24.2 Å². The molecule has 1 saturated heterocycles. The third-order valence-electron chi connectivity index (χ3n) is 5.79. The number of carbonyl (C=O) groups is 1. The SMILES string of the molecule is Cl.O=C(NCCSCc1cccc2ccccc12)C1CC12CCNCC2. The van der Waals surface area contributed by atoms with Gasteiger partial charge in [0.2, 0.25) is 5.91 Å². The summed E-state index contributed by atoms with van der Waals surface area (Å²) in [6.45, 7) is 2.93. The highest BCUT2D eigenvalue weighted by molar-refractivity contribution is 7.98. The molecule has 0 aromatic heterocycles. The maximum atomic E-state index is 12.3. The predicted octanol–water partition coefficient (Wildman–Crippen LogP) is 4.00. The van der Waals surface area contributed by atoms with E-state index < -0.39 is 0 Å². The zero-order valence-electron chi connectivity index (χ0n) is 15.0. The number of hydrogen-bond acceptors (Lipinski definition) is 3. The number of carbonyl (C=O) groups excluding carboxylic acids is 1. The van der Waals surface area contributed by atoms with Crippen molar-refractivity contribution in [2.75, 3.05) is 25.4 Å². The topological polar surface area (TPSA) is 41.1 Å². The molecule has 2 N–H and O–H groups in total. The van der Waals surface area contributed by atoms with E-state index >= 15 is 0 Å². The average molecular weight is 391 g/mol. The van der Waals surface area contributed by atoms with Crippen molar-refractivity contribution in [3.05, 3.63) is 48.0 Å². The van der Waals surface area contributed by atoms with Crippen LogP contribution in [0.3, 0.4) is 0 Å². The van der Waals surface area contributed by atoms with Crippen LogP contribution in [0.25, 0.3) is 10.8 Å². The molecule has 1 unspecified atom stereocenters. The lowest BCUT2D eigenvalue weighted by Gasteiger charge is -2.23. The second-order valence-electron chi connectivity index (χ2n) is 7.35. The lowest BCUT2D eigenvalue weighted by Crippen LogP contribution is -2.34. The number of halogens is 1. The standard InChI is InChI=1S/C21H26N2OS.ClH/c24-20(19-14-21(19)8-10-22-11-9-21)23-12-13-25-15-17-6-3-5-16-4-1-2-7-18(16)17;/h1-7,19,22H,8-15H2,(H,23,24);1H. The molecule has 0 radical (unpaired) electrons. The number of rotatable bonds is 6. The van der Waals surface area contributed by atoms with Gasteiger partial charge in [-0.15, -0.1) is 12.4 Å². The second-order valence-corrected chi connectivity index (χ2v) is 8.46. The fraction of sp³-hybridized carbons (Fsp3) is 0.476. The summed E-state index contributed by atoms with van der Waals surface area (Å²) in [6, 6.07) is 15.0. The Morgan fingerprint density at radius 3 is 2.77 bits per heavy atom. The molecule has 2 aromatic rings. The van der Waals surface area contributed by atoms with Gasteiger partial charge in [-0.25, -0.2) is 0 Å². The van der Waals surface area contributed by atoms with E-state index in [2.05, 4.69) is 53.1 Å². The molecule has 2 aliphatic rings. The van der Waals surface area contributed by atoms with Crippen LogP contribution < -0.4 is 10.6 Å². The molecular weight excluding hydrogens is 364 g/mol. The van der Waals surface area contributed by atoms with E-state index in [9.17, 15) is 4.79 Å². The molecule has 4 rings (SSSR count). The first-order valence-electron chi connectivity index (χ1n) is 9.31. The van der Waals surface area contributed by atoms with Crippen molar-refractivity contribution < 1.29 is 4.79 Å². The summed E-state index contributed by atoms with van der Waals surface area (Å²) in [4.78, 5) is 12.3. The zero-order valence-corrected chi connectivity index (χ0v) is 16.6. The number of fused-ring (bicyclic) bond motifs is 1. The van der Waals surface area contributed by atoms with Crippen LogP contribution in [-0.2, 0) is 10.5 Å². The Kier molecular flexibility index (Phi) is 6.49. The lowest BCUT2D eigenvalue weighted by molar-refractivity contribution is -0.123. The van der Waals surface area contributed by atoms with Crippen LogP contribution in [0, 0.1) is 11.3 Å². The Bertz CT molecular complexity index is 755. The van der Waals surface area contributed by atoms with E-state index in [4.69, 9.17) is 0 Å². The lowest BCUT2D eigenvalue weighted by atomic mass is 9.92. The van der Waals surface area contributed by atoms with Gasteiger partial charge in [0, 0.05) is 24.0 Å². The van der Waals surface area contributed by atoms with E-state index in [0.717, 1.165) is 37.6 Å². The predicted molar refractivity (Wildman–Crippen MR) is 113 cm³/mol. The third kappa shape index (κ3) is 4.19. The van der Waals surface area contributed by atoms with Crippen LogP contribution in [0.1, 0.15) is 24.8 Å². The highest BCUT2D eigenvalue weighted by atomic mass is 35.5. The summed E-state index contributed by atoms with van der Waals surface area (Å²) in [5.74, 6) is 2.53. The first-order chi connectivity index (χ1) is 12.3. The Morgan fingerprint density at radius 1 is 1.15 bits per heavy atom. The van der Waals surface area contributed by atoms with Gasteiger partial charge in [0.15, 0.2) is 0 Å². The van der Waals surface area contributed by atoms with Gasteiger partial charge >= 0.3 is 0 Å². The highest BCUT2D eigenvalue weighted by Crippen LogP contribution is 2.58. The minimum atomic E-state index is 0. The summed E-state index contributed by atoms with van der Waals surface area (Å²) < 4.78 is 0. The number of nitrogens with one attached hydrogen (secondary N) is 2. The third-order valence-corrected chi connectivity index (χ3v) is 6.80. The van der Waals surface area contributed by atoms with Crippen LogP contribution in [0.15, 0.2) is 42.5 Å². The van der Waals surface area contributed by atoms with Gasteiger partial charge in [-0.3, -0.25) is 4.79 Å². The largest absolute Gasteiger partial charge is 0.355 e. The van der Waals surface area contributed by atoms with Gasteiger partial charge in [0.1, 0.15) is 0 Å². The average Bonchev–Trinajstić information content (AvgIpc) is 3.35. The molecule has 2 fully saturated rings. The normalized spacial score (nSPS) is 20.5. The summed E-state index contributed by atoms with van der Waals surface area (Å²) in [7, 11) is 0. The van der Waals surface area contributed by atoms with Gasteiger partial charge < -0.3 is 10.6 Å². The van der Waals surface area contributed by atoms with Gasteiger partial charge in [-0.2, -0.15) is 11.8 Å². The van der Waals surface area contributed by atoms with E-state index in [-0.39, 0.29) is 24.2 Å². The number of hydrogen-bond donors (Lipinski definition) is 2. The fourth-order valence-electron chi connectivity index (χ4n) is 4.17. The molecule has 1 heterocycles. The van der Waals surface area contributed by atoms with Crippen molar-refractivity contribution in [1.82, 2.24) is 10.6 Å². The second kappa shape index (κ2) is 8.64. The quantitative estimate of drug-likeness (QED) is 0.732. The summed E-state index contributed by atoms with van der Waals surface area (Å²) in [5, 5.41) is 9.19. The zero-order chi connectivity index (χ0) is 17.1. The summed E-state index contributed by atoms with van der Waals surface area (Å²) >= 11 is 1.90. The molecule has 5 heteroatoms. The molecule has 1 aliphatic heterocycles. The minimum Gasteiger partial charge on any atom is -0.355 e. The molecule has 26 heavy (non-hydrogen) atoms. The van der Waals surface area contributed by atoms with E-state index in [1.165, 1.54) is 29.2 Å². The molecule has 3 nitrogen and oxygen atoms in total. The first-order valence-corrected chi connectivity index (χ1v) is 10.5. The van der Waals surface area contributed by atoms with E-state index in [1.807, 2.05) is 11.8 Å². The monoisotopic (exact) mass is 390 g/mol. The van der Waals surface area contributed by atoms with E-state index in [0.29, 0.717) is 5.41 Å². The van der Waals surface area contributed by atoms with Crippen molar-refractivity contribution in [2.45, 2.75) is 25.0 Å². The Hall–Kier alpha value is -1.23. The number of benzene rings is 2. The molecular formula is C21H27ClN2OS. The Balaban J connectivity index is 0.00000196. The molecule has 140 valence electrons. The number of thioether (sulfide) groups is 1. The molecule has 2 aromatic carbocycles. The molecule has 1 saturated carbocycles. The maximum Gasteiger partial charge on any atom is 0.223 e. The highest BCUT2D eigenvalue weighted by Gasteiger charge is 2.57. The molecule has 1 atom stereocenters. The molecule has 0 bridgehead atoms. The van der Waals surface area contributed by atoms with Gasteiger partial charge in [-0.05, 0) is 54.1 Å². The van der Waals surface area contributed by atoms with Gasteiger partial charge in [0.05, 0.1) is 0 Å². The first kappa shape index (κ1) is 19.5. The fourth-order valence-corrected chi connectivity index (χ4v) is 5.03. The molecule has 1 spiro atoms. The Morgan fingerprint density at radius 2 is 1.92 bits per heavy atom. The maximum absolute atomic E-state index is 12.3. The van der Waals surface area contributed by atoms with Crippen molar-refractivity contribution in [3.8, 4) is 0 Å². The van der Waals surface area contributed by atoms with Gasteiger partial charge in [0.25, 0.3) is 0 Å². The molecule has 1 aliphatic carbocycles. The smallest absolute Gasteiger partial charge is 0.223 e. The summed E-state index contributed by atoms with van der Waals surface area (Å²) in [5.41, 5.74) is 1.72. The van der Waals surface area contributed by atoms with Crippen LogP contribution in [0.4, 0.5) is 0 Å². The van der Waals surface area contributed by atoms with Gasteiger partial charge in [-0.1, -0.05) is 42.5 Å². The van der Waals surface area contributed by atoms with Crippen LogP contribution in [0.2, 0.25) is 0 Å². The van der Waals surface area contributed by atoms with Crippen LogP contribution in [0.5, 0.6) is 0 Å².